The van der Waals surface area contributed by atoms with E-state index in [-0.39, 0.29) is 18.3 Å². The predicted molar refractivity (Wildman–Crippen MR) is 48.8 cm³/mol. The van der Waals surface area contributed by atoms with Crippen molar-refractivity contribution in [3.8, 4) is 0 Å². The van der Waals surface area contributed by atoms with Gasteiger partial charge in [0.15, 0.2) is 0 Å². The lowest BCUT2D eigenvalue weighted by Gasteiger charge is -2.24. The van der Waals surface area contributed by atoms with Crippen LogP contribution in [0, 0.1) is 0 Å². The fourth-order valence-electron chi connectivity index (χ4n) is 1.32. The van der Waals surface area contributed by atoms with Gasteiger partial charge in [-0.3, -0.25) is 0 Å². The van der Waals surface area contributed by atoms with Crippen molar-refractivity contribution in [1.29, 1.82) is 0 Å². The van der Waals surface area contributed by atoms with E-state index in [2.05, 4.69) is 4.18 Å². The van der Waals surface area contributed by atoms with Gasteiger partial charge in [-0.25, -0.2) is 0 Å². The zero-order chi connectivity index (χ0) is 12.6. The van der Waals surface area contributed by atoms with Crippen molar-refractivity contribution in [3.05, 3.63) is 11.8 Å². The van der Waals surface area contributed by atoms with Crippen molar-refractivity contribution in [2.75, 3.05) is 0 Å². The van der Waals surface area contributed by atoms with Crippen LogP contribution in [0.25, 0.3) is 0 Å². The Morgan fingerprint density at radius 3 is 2.44 bits per heavy atom. The average molecular weight is 260 g/mol. The SMILES string of the molecule is C[C@@H]1C=C(OS(=O)(=O)C(F)(F)F)C[C@@H](C)O1. The van der Waals surface area contributed by atoms with Crippen molar-refractivity contribution < 1.29 is 30.5 Å². The van der Waals surface area contributed by atoms with E-state index < -0.39 is 21.7 Å². The monoisotopic (exact) mass is 260 g/mol. The molecule has 0 radical (unpaired) electrons. The molecule has 4 nitrogen and oxygen atoms in total. The molecule has 0 bridgehead atoms. The summed E-state index contributed by atoms with van der Waals surface area (Å²) in [5.74, 6) is -0.233. The predicted octanol–water partition coefficient (Wildman–Crippen LogP) is 1.93. The molecule has 0 aromatic carbocycles. The van der Waals surface area contributed by atoms with Gasteiger partial charge in [0, 0.05) is 6.42 Å². The molecule has 16 heavy (non-hydrogen) atoms. The first-order chi connectivity index (χ1) is 7.12. The molecule has 1 heterocycles. The summed E-state index contributed by atoms with van der Waals surface area (Å²) in [5, 5.41) is 0. The van der Waals surface area contributed by atoms with Crippen LogP contribution in [0.5, 0.6) is 0 Å². The lowest BCUT2D eigenvalue weighted by atomic mass is 10.1. The van der Waals surface area contributed by atoms with E-state index in [0.29, 0.717) is 0 Å². The van der Waals surface area contributed by atoms with Crippen LogP contribution in [0.4, 0.5) is 13.2 Å². The maximum Gasteiger partial charge on any atom is 0.534 e. The highest BCUT2D eigenvalue weighted by molar-refractivity contribution is 7.87. The van der Waals surface area contributed by atoms with Crippen LogP contribution in [-0.2, 0) is 19.0 Å². The molecule has 94 valence electrons. The molecule has 0 saturated carbocycles. The van der Waals surface area contributed by atoms with Gasteiger partial charge in [0.1, 0.15) is 5.76 Å². The standard InChI is InChI=1S/C8H11F3O4S/c1-5-3-7(4-6(2)14-5)15-16(12,13)8(9,10)11/h3,5-6H,4H2,1-2H3/t5-,6-/m1/s1. The second-order valence-electron chi connectivity index (χ2n) is 3.47. The minimum atomic E-state index is -5.57. The highest BCUT2D eigenvalue weighted by Crippen LogP contribution is 2.29. The summed E-state index contributed by atoms with van der Waals surface area (Å²) in [6, 6.07) is 0. The van der Waals surface area contributed by atoms with Crippen LogP contribution in [0.3, 0.4) is 0 Å². The second kappa shape index (κ2) is 4.25. The van der Waals surface area contributed by atoms with Gasteiger partial charge in [0.2, 0.25) is 0 Å². The van der Waals surface area contributed by atoms with Gasteiger partial charge >= 0.3 is 15.6 Å². The van der Waals surface area contributed by atoms with Crippen LogP contribution >= 0.6 is 0 Å². The first-order valence-corrected chi connectivity index (χ1v) is 5.89. The Morgan fingerprint density at radius 1 is 1.44 bits per heavy atom. The van der Waals surface area contributed by atoms with Crippen molar-refractivity contribution in [2.45, 2.75) is 38.0 Å². The number of rotatable bonds is 2. The first-order valence-electron chi connectivity index (χ1n) is 4.49. The Kier molecular flexibility index (Phi) is 3.53. The van der Waals surface area contributed by atoms with E-state index in [4.69, 9.17) is 4.74 Å². The highest BCUT2D eigenvalue weighted by atomic mass is 32.2. The normalized spacial score (nSPS) is 27.4. The van der Waals surface area contributed by atoms with E-state index in [1.165, 1.54) is 6.08 Å². The van der Waals surface area contributed by atoms with Crippen molar-refractivity contribution >= 4 is 10.1 Å². The number of hydrogen-bond acceptors (Lipinski definition) is 4. The fraction of sp³-hybridized carbons (Fsp3) is 0.750. The van der Waals surface area contributed by atoms with Gasteiger partial charge in [-0.15, -0.1) is 0 Å². The van der Waals surface area contributed by atoms with Gasteiger partial charge in [0.05, 0.1) is 12.2 Å². The number of halogens is 3. The Balaban J connectivity index is 2.83. The molecule has 0 spiro atoms. The fourth-order valence-corrected chi connectivity index (χ4v) is 1.82. The second-order valence-corrected chi connectivity index (χ2v) is 5.01. The third-order valence-electron chi connectivity index (χ3n) is 1.86. The Labute approximate surface area is 91.2 Å². The van der Waals surface area contributed by atoms with E-state index in [1.807, 2.05) is 0 Å². The van der Waals surface area contributed by atoms with E-state index in [0.717, 1.165) is 0 Å². The van der Waals surface area contributed by atoms with E-state index in [1.54, 1.807) is 13.8 Å². The smallest absolute Gasteiger partial charge is 0.381 e. The third kappa shape index (κ3) is 3.11. The molecule has 1 aliphatic heterocycles. The molecule has 0 fully saturated rings. The zero-order valence-corrected chi connectivity index (χ0v) is 9.43. The Bertz CT molecular complexity index is 385. The largest absolute Gasteiger partial charge is 0.534 e. The summed E-state index contributed by atoms with van der Waals surface area (Å²) in [7, 11) is -5.57. The summed E-state index contributed by atoms with van der Waals surface area (Å²) < 4.78 is 66.6. The highest BCUT2D eigenvalue weighted by Gasteiger charge is 2.49. The zero-order valence-electron chi connectivity index (χ0n) is 8.61. The van der Waals surface area contributed by atoms with Crippen LogP contribution in [-0.4, -0.2) is 26.1 Å². The molecule has 0 aromatic heterocycles. The molecule has 0 N–H and O–H groups in total. The molecule has 0 amide bonds. The molecule has 8 heteroatoms. The molecular weight excluding hydrogens is 249 g/mol. The van der Waals surface area contributed by atoms with E-state index >= 15 is 0 Å². The van der Waals surface area contributed by atoms with Gasteiger partial charge < -0.3 is 8.92 Å². The molecule has 0 aromatic rings. The van der Waals surface area contributed by atoms with Crippen LogP contribution < -0.4 is 0 Å². The summed E-state index contributed by atoms with van der Waals surface area (Å²) in [4.78, 5) is 0. The lowest BCUT2D eigenvalue weighted by molar-refractivity contribution is -0.0538. The molecule has 1 rings (SSSR count). The van der Waals surface area contributed by atoms with Gasteiger partial charge in [-0.2, -0.15) is 21.6 Å². The third-order valence-corrected chi connectivity index (χ3v) is 2.86. The molecule has 0 unspecified atom stereocenters. The topological polar surface area (TPSA) is 52.6 Å². The molecular formula is C8H11F3O4S. The minimum absolute atomic E-state index is 0.000347. The summed E-state index contributed by atoms with van der Waals surface area (Å²) in [6.45, 7) is 3.20. The summed E-state index contributed by atoms with van der Waals surface area (Å²) in [5.41, 5.74) is -5.40. The van der Waals surface area contributed by atoms with Crippen molar-refractivity contribution in [2.24, 2.45) is 0 Å². The molecule has 0 saturated heterocycles. The first kappa shape index (κ1) is 13.3. The van der Waals surface area contributed by atoms with Gasteiger partial charge in [-0.1, -0.05) is 0 Å². The number of hydrogen-bond donors (Lipinski definition) is 0. The van der Waals surface area contributed by atoms with E-state index in [9.17, 15) is 21.6 Å². The quantitative estimate of drug-likeness (QED) is 0.562. The van der Waals surface area contributed by atoms with Crippen molar-refractivity contribution in [1.82, 2.24) is 0 Å². The molecule has 0 aliphatic carbocycles. The maximum absolute atomic E-state index is 12.0. The summed E-state index contributed by atoms with van der Waals surface area (Å²) in [6.07, 6.45) is 0.365. The minimum Gasteiger partial charge on any atom is -0.381 e. The lowest BCUT2D eigenvalue weighted by Crippen LogP contribution is -2.29. The average Bonchev–Trinajstić information content (AvgIpc) is 1.97. The van der Waals surface area contributed by atoms with Crippen LogP contribution in [0.15, 0.2) is 11.8 Å². The number of alkyl halides is 3. The maximum atomic E-state index is 12.0. The molecule has 1 aliphatic rings. The number of ether oxygens (including phenoxy) is 1. The molecule has 2 atom stereocenters. The van der Waals surface area contributed by atoms with Crippen LogP contribution in [0.2, 0.25) is 0 Å². The Morgan fingerprint density at radius 2 is 2.00 bits per heavy atom. The Hall–Kier alpha value is -0.760. The summed E-state index contributed by atoms with van der Waals surface area (Å²) >= 11 is 0. The van der Waals surface area contributed by atoms with Crippen LogP contribution in [0.1, 0.15) is 20.3 Å². The van der Waals surface area contributed by atoms with Gasteiger partial charge in [0.25, 0.3) is 0 Å². The van der Waals surface area contributed by atoms with Gasteiger partial charge in [-0.05, 0) is 19.9 Å². The van der Waals surface area contributed by atoms with Crippen molar-refractivity contribution in [3.63, 3.8) is 0 Å².